The molecule has 208 valence electrons. The fourth-order valence-corrected chi connectivity index (χ4v) is 5.39. The third-order valence-corrected chi connectivity index (χ3v) is 7.65. The van der Waals surface area contributed by atoms with Gasteiger partial charge in [-0.2, -0.15) is 0 Å². The molecule has 0 aliphatic rings. The largest absolute Gasteiger partial charge is 0.493 e. The van der Waals surface area contributed by atoms with Gasteiger partial charge in [0.15, 0.2) is 22.8 Å². The van der Waals surface area contributed by atoms with Crippen molar-refractivity contribution in [2.24, 2.45) is 0 Å². The van der Waals surface area contributed by atoms with Crippen molar-refractivity contribution in [2.75, 3.05) is 27.4 Å². The number of rotatable bonds is 12. The molecule has 11 nitrogen and oxygen atoms in total. The average Bonchev–Trinajstić information content (AvgIpc) is 3.24. The first kappa shape index (κ1) is 28.1. The summed E-state index contributed by atoms with van der Waals surface area (Å²) >= 11 is 0. The quantitative estimate of drug-likeness (QED) is 0.272. The Morgan fingerprint density at radius 3 is 2.44 bits per heavy atom. The Labute approximate surface area is 227 Å². The van der Waals surface area contributed by atoms with Crippen LogP contribution in [0.1, 0.15) is 37.4 Å². The van der Waals surface area contributed by atoms with Gasteiger partial charge < -0.3 is 19.2 Å². The number of methoxy groups -OCH3 is 2. The summed E-state index contributed by atoms with van der Waals surface area (Å²) in [5, 5.41) is 4.63. The van der Waals surface area contributed by atoms with Crippen molar-refractivity contribution in [1.29, 1.82) is 0 Å². The molecule has 0 unspecified atom stereocenters. The van der Waals surface area contributed by atoms with E-state index in [4.69, 9.17) is 14.2 Å². The Balaban J connectivity index is 1.65. The van der Waals surface area contributed by atoms with Crippen LogP contribution in [0, 0.1) is 6.92 Å². The van der Waals surface area contributed by atoms with E-state index >= 15 is 0 Å². The van der Waals surface area contributed by atoms with Crippen LogP contribution < -0.4 is 24.5 Å². The topological polar surface area (TPSA) is 137 Å². The molecule has 4 rings (SSSR count). The van der Waals surface area contributed by atoms with E-state index < -0.39 is 10.0 Å². The number of fused-ring (bicyclic) bond motifs is 1. The lowest BCUT2D eigenvalue weighted by Crippen LogP contribution is -2.26. The lowest BCUT2D eigenvalue weighted by atomic mass is 10.1. The number of hydrogen-bond donors (Lipinski definition) is 2. The summed E-state index contributed by atoms with van der Waals surface area (Å²) in [6.07, 6.45) is 1.91. The predicted molar refractivity (Wildman–Crippen MR) is 147 cm³/mol. The number of nitrogens with one attached hydrogen (secondary N) is 2. The van der Waals surface area contributed by atoms with Crippen LogP contribution >= 0.6 is 0 Å². The molecule has 0 aliphatic heterocycles. The van der Waals surface area contributed by atoms with E-state index in [1.165, 1.54) is 16.6 Å². The van der Waals surface area contributed by atoms with E-state index in [9.17, 15) is 13.2 Å². The normalized spacial score (nSPS) is 11.6. The fourth-order valence-electron chi connectivity index (χ4n) is 4.33. The Kier molecular flexibility index (Phi) is 8.56. The van der Waals surface area contributed by atoms with Gasteiger partial charge in [-0.15, -0.1) is 5.10 Å². The highest BCUT2D eigenvalue weighted by molar-refractivity contribution is 7.89. The van der Waals surface area contributed by atoms with Crippen LogP contribution in [-0.2, 0) is 22.9 Å². The van der Waals surface area contributed by atoms with Gasteiger partial charge in [0.1, 0.15) is 11.6 Å². The molecule has 0 saturated heterocycles. The van der Waals surface area contributed by atoms with E-state index in [0.717, 1.165) is 12.0 Å². The first-order valence-electron chi connectivity index (χ1n) is 12.7. The summed E-state index contributed by atoms with van der Waals surface area (Å²) in [5.74, 6) is 2.42. The Bertz CT molecular complexity index is 1640. The summed E-state index contributed by atoms with van der Waals surface area (Å²) in [5.41, 5.74) is 1.82. The molecule has 2 aromatic heterocycles. The Morgan fingerprint density at radius 1 is 1.00 bits per heavy atom. The molecule has 0 spiro atoms. The van der Waals surface area contributed by atoms with Crippen LogP contribution in [0.15, 0.2) is 46.1 Å². The van der Waals surface area contributed by atoms with Crippen molar-refractivity contribution in [1.82, 2.24) is 24.3 Å². The van der Waals surface area contributed by atoms with Crippen LogP contribution in [0.5, 0.6) is 17.2 Å². The van der Waals surface area contributed by atoms with E-state index in [1.807, 2.05) is 26.0 Å². The second kappa shape index (κ2) is 11.9. The molecule has 0 amide bonds. The molecular formula is C27H33N5O6S. The van der Waals surface area contributed by atoms with Crippen molar-refractivity contribution in [2.45, 2.75) is 44.9 Å². The molecule has 39 heavy (non-hydrogen) atoms. The zero-order valence-corrected chi connectivity index (χ0v) is 23.5. The maximum absolute atomic E-state index is 13.2. The van der Waals surface area contributed by atoms with Gasteiger partial charge in [-0.25, -0.2) is 22.6 Å². The minimum absolute atomic E-state index is 0.0200. The molecule has 0 bridgehead atoms. The maximum Gasteiger partial charge on any atom is 0.277 e. The van der Waals surface area contributed by atoms with Crippen molar-refractivity contribution >= 4 is 15.5 Å². The van der Waals surface area contributed by atoms with E-state index in [0.29, 0.717) is 59.3 Å². The summed E-state index contributed by atoms with van der Waals surface area (Å²) in [7, 11) is -0.783. The van der Waals surface area contributed by atoms with E-state index in [-0.39, 0.29) is 22.8 Å². The van der Waals surface area contributed by atoms with Crippen molar-refractivity contribution in [3.8, 4) is 28.6 Å². The predicted octanol–water partition coefficient (Wildman–Crippen LogP) is 3.28. The fraction of sp³-hybridized carbons (Fsp3) is 0.370. The highest BCUT2D eigenvalue weighted by Crippen LogP contribution is 2.31. The average molecular weight is 556 g/mol. The van der Waals surface area contributed by atoms with Crippen LogP contribution in [0.3, 0.4) is 0 Å². The summed E-state index contributed by atoms with van der Waals surface area (Å²) < 4.78 is 46.9. The number of imidazole rings is 1. The number of aromatic amines is 1. The molecule has 0 atom stereocenters. The van der Waals surface area contributed by atoms with Gasteiger partial charge in [-0.1, -0.05) is 13.0 Å². The molecule has 2 N–H and O–H groups in total. The minimum atomic E-state index is -3.89. The summed E-state index contributed by atoms with van der Waals surface area (Å²) in [6, 6.07) is 9.93. The van der Waals surface area contributed by atoms with Gasteiger partial charge >= 0.3 is 0 Å². The maximum atomic E-state index is 13.2. The summed E-state index contributed by atoms with van der Waals surface area (Å²) in [4.78, 5) is 20.3. The zero-order chi connectivity index (χ0) is 28.2. The number of ether oxygens (including phenoxy) is 3. The van der Waals surface area contributed by atoms with Crippen LogP contribution in [-0.4, -0.2) is 55.4 Å². The smallest absolute Gasteiger partial charge is 0.277 e. The van der Waals surface area contributed by atoms with Crippen LogP contribution in [0.4, 0.5) is 0 Å². The SMILES string of the molecule is CCCc1nc(C)c2c(=O)[nH]c(-c3cc(S(=O)(=O)NCCc4ccc(OC)c(OC)c4)ccc3OCC)nn12. The third kappa shape index (κ3) is 5.91. The molecule has 0 aliphatic carbocycles. The number of sulfonamides is 1. The molecule has 0 fully saturated rings. The Morgan fingerprint density at radius 2 is 1.74 bits per heavy atom. The third-order valence-electron chi connectivity index (χ3n) is 6.19. The number of aromatic nitrogens is 4. The van der Waals surface area contributed by atoms with Gasteiger partial charge in [0.25, 0.3) is 5.56 Å². The lowest BCUT2D eigenvalue weighted by Gasteiger charge is -2.13. The second-order valence-corrected chi connectivity index (χ2v) is 10.6. The first-order chi connectivity index (χ1) is 18.7. The number of benzene rings is 2. The summed E-state index contributed by atoms with van der Waals surface area (Å²) in [6.45, 7) is 6.11. The van der Waals surface area contributed by atoms with Gasteiger partial charge in [-0.3, -0.25) is 4.79 Å². The second-order valence-electron chi connectivity index (χ2n) is 8.85. The molecule has 2 aromatic carbocycles. The first-order valence-corrected chi connectivity index (χ1v) is 14.2. The van der Waals surface area contributed by atoms with Gasteiger partial charge in [0.2, 0.25) is 10.0 Å². The highest BCUT2D eigenvalue weighted by Gasteiger charge is 2.21. The number of hydrogen-bond acceptors (Lipinski definition) is 8. The number of nitrogens with zero attached hydrogens (tertiary/aromatic N) is 3. The molecule has 4 aromatic rings. The van der Waals surface area contributed by atoms with Crippen molar-refractivity contribution in [3.63, 3.8) is 0 Å². The lowest BCUT2D eigenvalue weighted by molar-refractivity contribution is 0.341. The molecular weight excluding hydrogens is 522 g/mol. The highest BCUT2D eigenvalue weighted by atomic mass is 32.2. The Hall–Kier alpha value is -3.90. The zero-order valence-electron chi connectivity index (χ0n) is 22.7. The van der Waals surface area contributed by atoms with Crippen molar-refractivity contribution in [3.05, 3.63) is 63.8 Å². The van der Waals surface area contributed by atoms with E-state index in [2.05, 4.69) is 19.8 Å². The molecule has 2 heterocycles. The number of H-pyrrole nitrogens is 1. The monoisotopic (exact) mass is 555 g/mol. The van der Waals surface area contributed by atoms with Crippen LogP contribution in [0.2, 0.25) is 0 Å². The standard InChI is InChI=1S/C27H33N5O6S/c1-6-8-24-29-17(3)25-27(33)30-26(31-32(24)25)20-16-19(10-12-21(20)38-7-2)39(34,35)28-14-13-18-9-11-22(36-4)23(15-18)37-5/h9-12,15-16,28H,6-8,13-14H2,1-5H3,(H,30,31,33). The van der Waals surface area contributed by atoms with Crippen LogP contribution in [0.25, 0.3) is 16.9 Å². The molecule has 12 heteroatoms. The van der Waals surface area contributed by atoms with Gasteiger partial charge in [0.05, 0.1) is 37.0 Å². The number of aryl methyl sites for hydroxylation is 2. The van der Waals surface area contributed by atoms with Crippen molar-refractivity contribution < 1.29 is 22.6 Å². The van der Waals surface area contributed by atoms with E-state index in [1.54, 1.807) is 33.3 Å². The van der Waals surface area contributed by atoms with Gasteiger partial charge in [0, 0.05) is 13.0 Å². The minimum Gasteiger partial charge on any atom is -0.493 e. The van der Waals surface area contributed by atoms with Gasteiger partial charge in [-0.05, 0) is 62.6 Å². The molecule has 0 saturated carbocycles. The molecule has 0 radical (unpaired) electrons.